The van der Waals surface area contributed by atoms with Crippen LogP contribution in [0.15, 0.2) is 303 Å². The monoisotopic (exact) mass is 2070 g/mol. The predicted octanol–water partition coefficient (Wildman–Crippen LogP) is 22.2. The van der Waals surface area contributed by atoms with Gasteiger partial charge in [0.05, 0.1) is 76.5 Å². The number of aromatic hydroxyl groups is 2. The van der Waals surface area contributed by atoms with E-state index in [9.17, 15) is 48.8 Å². The van der Waals surface area contributed by atoms with E-state index >= 15 is 9.13 Å². The molecule has 3 aromatic heterocycles. The molecule has 4 aliphatic rings. The minimum atomic E-state index is -5.46. The topological polar surface area (TPSA) is 360 Å². The lowest BCUT2D eigenvalue weighted by atomic mass is 9.86. The third kappa shape index (κ3) is 19.0. The van der Waals surface area contributed by atoms with Crippen LogP contribution in [0.25, 0.3) is 140 Å². The second-order valence-corrected chi connectivity index (χ2v) is 45.4. The van der Waals surface area contributed by atoms with Gasteiger partial charge >= 0.3 is 37.3 Å². The maximum atomic E-state index is 15.5. The van der Waals surface area contributed by atoms with E-state index in [4.69, 9.17) is 59.9 Å². The molecule has 4 aliphatic heterocycles. The zero-order valence-electron chi connectivity index (χ0n) is 79.5. The number of aliphatic hydroxyl groups is 1. The van der Waals surface area contributed by atoms with Crippen molar-refractivity contribution >= 4 is 178 Å². The van der Waals surface area contributed by atoms with Crippen LogP contribution < -0.4 is 9.13 Å². The van der Waals surface area contributed by atoms with Gasteiger partial charge in [-0.3, -0.25) is 40.8 Å². The molecule has 33 heteroatoms. The number of carbonyl (C=O) groups excluding carboxylic acids is 1. The van der Waals surface area contributed by atoms with Crippen molar-refractivity contribution in [2.24, 2.45) is 7.05 Å². The molecule has 748 valence electrons. The fourth-order valence-corrected chi connectivity index (χ4v) is 27.6. The maximum Gasteiger partial charge on any atom is 0.472 e. The number of aliphatic hydroxyl groups excluding tert-OH is 1. The molecule has 0 bridgehead atoms. The summed E-state index contributed by atoms with van der Waals surface area (Å²) < 4.78 is 146. The fourth-order valence-electron chi connectivity index (χ4n) is 22.8. The zero-order chi connectivity index (χ0) is 100. The van der Waals surface area contributed by atoms with E-state index in [0.717, 1.165) is 152 Å². The van der Waals surface area contributed by atoms with E-state index in [1.807, 2.05) is 255 Å². The first-order valence-electron chi connectivity index (χ1n) is 49.2. The minimum Gasteiger partial charge on any atom is -0.494 e. The van der Waals surface area contributed by atoms with E-state index < -0.39 is 136 Å². The van der Waals surface area contributed by atoms with Crippen LogP contribution in [-0.4, -0.2) is 166 Å². The van der Waals surface area contributed by atoms with Crippen molar-refractivity contribution in [3.63, 3.8) is 0 Å². The molecule has 0 amide bonds. The van der Waals surface area contributed by atoms with E-state index in [1.165, 1.54) is 22.4 Å². The number of thioether (sulfide) groups is 1. The largest absolute Gasteiger partial charge is 0.494 e. The van der Waals surface area contributed by atoms with Crippen LogP contribution in [0.5, 0.6) is 11.8 Å². The molecule has 28 nitrogen and oxygen atoms in total. The van der Waals surface area contributed by atoms with E-state index in [1.54, 1.807) is 12.1 Å². The van der Waals surface area contributed by atoms with Gasteiger partial charge in [-0.05, 0) is 194 Å². The lowest BCUT2D eigenvalue weighted by Crippen LogP contribution is -2.35. The molecule has 7 N–H and O–H groups in total. The summed E-state index contributed by atoms with van der Waals surface area (Å²) >= 11 is 1.18. The molecule has 0 aliphatic carbocycles. The van der Waals surface area contributed by atoms with Crippen LogP contribution in [0, 0.1) is 0 Å². The number of nitrogens with zero attached hydrogens (tertiary/aromatic N) is 3. The third-order valence-electron chi connectivity index (χ3n) is 29.8. The summed E-state index contributed by atoms with van der Waals surface area (Å²) in [7, 11) is -19.3. The molecular formula is C114H103N3O25P4S+2. The summed E-state index contributed by atoms with van der Waals surface area (Å²) in [5.41, 5.74) is 6.36. The van der Waals surface area contributed by atoms with Gasteiger partial charge in [-0.2, -0.15) is 0 Å². The van der Waals surface area contributed by atoms with Crippen LogP contribution in [-0.2, 0) is 98.3 Å². The predicted molar refractivity (Wildman–Crippen MR) is 562 cm³/mol. The number of phosphoric acid groups is 4. The Balaban J connectivity index is 0.467. The number of ether oxygens (including phenoxy) is 5. The number of benzene rings is 17. The first-order valence-corrected chi connectivity index (χ1v) is 56.1. The summed E-state index contributed by atoms with van der Waals surface area (Å²) in [6.07, 6.45) is -1.81. The van der Waals surface area contributed by atoms with Gasteiger partial charge in [-0.25, -0.2) is 32.2 Å². The number of aromatic nitrogens is 3. The van der Waals surface area contributed by atoms with E-state index in [2.05, 4.69) is 41.0 Å². The van der Waals surface area contributed by atoms with Crippen molar-refractivity contribution in [1.82, 2.24) is 4.57 Å². The highest BCUT2D eigenvalue weighted by Gasteiger charge is 2.52. The molecule has 20 aromatic rings. The van der Waals surface area contributed by atoms with Gasteiger partial charge in [0.2, 0.25) is 5.88 Å². The molecule has 0 radical (unpaired) electrons. The molecule has 4 saturated heterocycles. The molecule has 7 unspecified atom stereocenters. The Morgan fingerprint density at radius 1 is 0.381 bits per heavy atom. The number of rotatable bonds is 37. The van der Waals surface area contributed by atoms with Crippen molar-refractivity contribution in [3.05, 3.63) is 331 Å². The minimum absolute atomic E-state index is 0.0281. The van der Waals surface area contributed by atoms with Crippen molar-refractivity contribution in [2.45, 2.75) is 110 Å². The number of hydrogen-bond acceptors (Lipinski definition) is 22. The Hall–Kier alpha value is -11.9. The number of esters is 1. The molecule has 24 rings (SSSR count). The zero-order valence-corrected chi connectivity index (χ0v) is 83.9. The van der Waals surface area contributed by atoms with Crippen molar-refractivity contribution < 1.29 is 127 Å². The number of pyridine rings is 2. The Morgan fingerprint density at radius 3 is 1.07 bits per heavy atom. The average Bonchev–Trinajstić information content (AvgIpc) is 0.969. The first kappa shape index (κ1) is 97.2. The molecule has 0 saturated carbocycles. The van der Waals surface area contributed by atoms with Crippen LogP contribution in [0.4, 0.5) is 0 Å². The molecular weight excluding hydrogens is 1970 g/mol. The highest BCUT2D eigenvalue weighted by molar-refractivity contribution is 7.99. The standard InChI is InChI=1S/C114H101N3O25P4S/c1-115-50-45-68(46-51-115)69-47-52-116(53-48-69)58-67-17-19-82(20-18-67)114(121)130-54-3-2-49-117-100(119)57-99(113(117)120)147-56-8-55-135-143(122,123)140-110-92(84-38-30-79-26-22-71-10-5-14-75-34-42-88(84)106(79)102(71)75)61-132-96(110)64-137-145(126,127)142-112-94(86-40-32-81-28-24-73-12-7-16-77-36-44-90(86)108(81)104(73)77)63-134-98(112)66-138-146(128,129)141-111-93(85-39-31-80-27-23-72-11-6-15-76-35-43-89(85)107(80)103(72)76)62-133-97(111)65-136-144(124,125)139-109-91(60-131-95(109)59-118)83-37-29-78-25-21-70-9-4-13-74-33-41-87(83)105(78)101(70)74/h4-7,9-48,50-53,57,91-98,109-112,118H,2-3,8,49,54-56,58-66H2,1H3,(H4,122,123,124,125,126,127,128,129)/p+2/t91-,92-,93-,94-,95-,96-,97-,98-,109?,110?,111+,112?/m1/s1. The molecule has 17 aromatic carbocycles. The Morgan fingerprint density at radius 2 is 0.707 bits per heavy atom. The number of unbranched alkanes of at least 4 members (excludes halogenated alkanes) is 1. The Labute approximate surface area is 847 Å². The third-order valence-corrected chi connectivity index (χ3v) is 34.9. The van der Waals surface area contributed by atoms with Gasteiger partial charge in [-0.15, -0.1) is 11.8 Å². The van der Waals surface area contributed by atoms with Gasteiger partial charge in [0.25, 0.3) is 0 Å². The van der Waals surface area contributed by atoms with Crippen LogP contribution in [0.2, 0.25) is 0 Å². The van der Waals surface area contributed by atoms with Gasteiger partial charge < -0.3 is 58.6 Å². The van der Waals surface area contributed by atoms with Crippen LogP contribution >= 0.6 is 43.1 Å². The smallest absolute Gasteiger partial charge is 0.472 e. The lowest BCUT2D eigenvalue weighted by molar-refractivity contribution is -0.688. The molecule has 0 spiro atoms. The van der Waals surface area contributed by atoms with Gasteiger partial charge in [0.15, 0.2) is 37.2 Å². The number of hydrogen-bond donors (Lipinski definition) is 7. The first-order chi connectivity index (χ1) is 71.4. The van der Waals surface area contributed by atoms with Crippen molar-refractivity contribution in [1.29, 1.82) is 0 Å². The second kappa shape index (κ2) is 39.9. The number of carbonyl (C=O) groups is 1. The normalized spacial score (nSPS) is 22.2. The summed E-state index contributed by atoms with van der Waals surface area (Å²) in [5, 5.41) is 56.0. The number of aryl methyl sites for hydroxylation is 1. The summed E-state index contributed by atoms with van der Waals surface area (Å²) in [6.45, 7) is -2.77. The number of phosphoric ester groups is 4. The Kier molecular flexibility index (Phi) is 26.4. The van der Waals surface area contributed by atoms with Crippen LogP contribution in [0.3, 0.4) is 0 Å². The summed E-state index contributed by atoms with van der Waals surface area (Å²) in [4.78, 5) is 62.5. The molecule has 147 heavy (non-hydrogen) atoms. The maximum absolute atomic E-state index is 15.5. The molecule has 4 fully saturated rings. The highest BCUT2D eigenvalue weighted by Crippen LogP contribution is 2.59. The fraction of sp³-hybridized carbons (Fsp3) is 0.254. The Bertz CT molecular complexity index is 8540. The van der Waals surface area contributed by atoms with E-state index in [0.29, 0.717) is 46.5 Å². The van der Waals surface area contributed by atoms with Gasteiger partial charge in [0, 0.05) is 71.9 Å². The highest BCUT2D eigenvalue weighted by atomic mass is 32.2. The quantitative estimate of drug-likeness (QED) is 0.00475. The van der Waals surface area contributed by atoms with E-state index in [-0.39, 0.29) is 70.1 Å². The van der Waals surface area contributed by atoms with Crippen molar-refractivity contribution in [3.8, 4) is 22.9 Å². The van der Waals surface area contributed by atoms with Crippen LogP contribution in [0.1, 0.15) is 81.1 Å². The van der Waals surface area contributed by atoms with Gasteiger partial charge in [0.1, 0.15) is 55.9 Å². The molecule has 16 atom stereocenters. The second-order valence-electron chi connectivity index (χ2n) is 38.6. The average molecular weight is 2070 g/mol. The van der Waals surface area contributed by atoms with Crippen molar-refractivity contribution in [2.75, 3.05) is 71.8 Å². The SMILES string of the molecule is C[n+]1ccc(-c2cc[n+](Cc3ccc(C(=O)OCCCCn4c(O)cc(SCCCOP(=O)(O)OC5[C@@H](c6ccc7ccc8cccc9ccc6c7c89)CO[C@@H]5COP(=O)(O)OC5[C@@H](c6ccc7ccc8cccc9ccc6c7c89)CO[C@@H]5COP(=O)(O)O[C@H]5[C@@H](c6ccc7ccc8cccc9ccc6c7c89)CO[C@@H]5COP(=O)(O)OC5[C@@H](c6ccc7ccc8cccc9ccc6c7c89)CO[C@@H]5CO)c4O)cc3)cc2)cc1. The summed E-state index contributed by atoms with van der Waals surface area (Å²) in [6, 6.07) is 88.9. The van der Waals surface area contributed by atoms with Gasteiger partial charge in [-0.1, -0.05) is 231 Å². The lowest BCUT2D eigenvalue weighted by Gasteiger charge is -2.29. The molecule has 7 heterocycles. The summed E-state index contributed by atoms with van der Waals surface area (Å²) in [5.74, 6) is -3.95.